The number of carbonyl (C=O) groups excluding carboxylic acids is 2. The lowest BCUT2D eigenvalue weighted by Gasteiger charge is -2.36. The number of rotatable bonds is 7. The quantitative estimate of drug-likeness (QED) is 0.621. The van der Waals surface area contributed by atoms with E-state index in [9.17, 15) is 19.5 Å². The standard InChI is InChI=1S/C21H27BrN2O4/c1-4-6-11-24-18(25)15-16(19(24)26)21(20(27)28,12(3)5-2)23-17(15)13-7-9-14(22)10-8-13/h7-10,12,15-17,23H,4-6,11H2,1-3H3,(H,27,28). The molecule has 1 aromatic rings. The number of carbonyl (C=O) groups is 3. The molecule has 6 nitrogen and oxygen atoms in total. The van der Waals surface area contributed by atoms with Gasteiger partial charge in [0.15, 0.2) is 0 Å². The van der Waals surface area contributed by atoms with Crippen molar-refractivity contribution in [3.63, 3.8) is 0 Å². The van der Waals surface area contributed by atoms with Crippen molar-refractivity contribution in [3.8, 4) is 0 Å². The van der Waals surface area contributed by atoms with E-state index in [2.05, 4.69) is 21.2 Å². The van der Waals surface area contributed by atoms with Crippen molar-refractivity contribution in [1.82, 2.24) is 10.2 Å². The Labute approximate surface area is 173 Å². The molecular weight excluding hydrogens is 424 g/mol. The Hall–Kier alpha value is -1.73. The molecule has 2 aliphatic rings. The van der Waals surface area contributed by atoms with E-state index in [-0.39, 0.29) is 17.7 Å². The molecule has 2 fully saturated rings. The van der Waals surface area contributed by atoms with Crippen LogP contribution >= 0.6 is 15.9 Å². The highest BCUT2D eigenvalue weighted by atomic mass is 79.9. The summed E-state index contributed by atoms with van der Waals surface area (Å²) in [6.45, 7) is 6.10. The molecule has 0 aromatic heterocycles. The number of aliphatic carboxylic acids is 1. The zero-order chi connectivity index (χ0) is 20.6. The maximum Gasteiger partial charge on any atom is 0.325 e. The summed E-state index contributed by atoms with van der Waals surface area (Å²) in [6.07, 6.45) is 2.17. The van der Waals surface area contributed by atoms with Crippen molar-refractivity contribution < 1.29 is 19.5 Å². The second-order valence-electron chi connectivity index (χ2n) is 7.84. The molecule has 7 heteroatoms. The molecule has 2 N–H and O–H groups in total. The van der Waals surface area contributed by atoms with Gasteiger partial charge in [0.2, 0.25) is 11.8 Å². The van der Waals surface area contributed by atoms with Gasteiger partial charge in [-0.3, -0.25) is 24.6 Å². The zero-order valence-electron chi connectivity index (χ0n) is 16.4. The number of hydrogen-bond donors (Lipinski definition) is 2. The van der Waals surface area contributed by atoms with Crippen LogP contribution < -0.4 is 5.32 Å². The highest BCUT2D eigenvalue weighted by Crippen LogP contribution is 2.52. The van der Waals surface area contributed by atoms with Crippen LogP contribution in [-0.4, -0.2) is 39.9 Å². The molecule has 0 bridgehead atoms. The van der Waals surface area contributed by atoms with E-state index in [1.54, 1.807) is 0 Å². The number of fused-ring (bicyclic) bond motifs is 1. The molecule has 0 spiro atoms. The molecule has 2 amide bonds. The number of halogens is 1. The second-order valence-corrected chi connectivity index (χ2v) is 8.76. The summed E-state index contributed by atoms with van der Waals surface area (Å²) in [7, 11) is 0. The first-order valence-corrected chi connectivity index (χ1v) is 10.7. The number of benzene rings is 1. The number of carboxylic acids is 1. The van der Waals surface area contributed by atoms with Crippen LogP contribution in [0.2, 0.25) is 0 Å². The third-order valence-corrected chi connectivity index (χ3v) is 6.92. The number of nitrogens with one attached hydrogen (secondary N) is 1. The van der Waals surface area contributed by atoms with Gasteiger partial charge in [0.25, 0.3) is 0 Å². The SMILES string of the molecule is CCCCN1C(=O)C2C(c3ccc(Br)cc3)NC(C(=O)O)(C(C)CC)C2C1=O. The molecular formula is C21H27BrN2O4. The second kappa shape index (κ2) is 7.95. The lowest BCUT2D eigenvalue weighted by molar-refractivity contribution is -0.154. The van der Waals surface area contributed by atoms with Crippen LogP contribution in [0.5, 0.6) is 0 Å². The van der Waals surface area contributed by atoms with Gasteiger partial charge in [-0.1, -0.05) is 61.7 Å². The molecule has 2 aliphatic heterocycles. The average Bonchev–Trinajstić information content (AvgIpc) is 3.16. The van der Waals surface area contributed by atoms with Gasteiger partial charge in [0, 0.05) is 17.1 Å². The Morgan fingerprint density at radius 2 is 1.89 bits per heavy atom. The molecule has 5 unspecified atom stereocenters. The van der Waals surface area contributed by atoms with E-state index in [4.69, 9.17) is 0 Å². The highest BCUT2D eigenvalue weighted by molar-refractivity contribution is 9.10. The normalized spacial score (nSPS) is 30.6. The van der Waals surface area contributed by atoms with Gasteiger partial charge in [0.1, 0.15) is 5.54 Å². The minimum atomic E-state index is -1.45. The molecule has 0 radical (unpaired) electrons. The van der Waals surface area contributed by atoms with Crippen molar-refractivity contribution >= 4 is 33.7 Å². The monoisotopic (exact) mass is 450 g/mol. The van der Waals surface area contributed by atoms with Gasteiger partial charge >= 0.3 is 5.97 Å². The predicted molar refractivity (Wildman–Crippen MR) is 108 cm³/mol. The van der Waals surface area contributed by atoms with Gasteiger partial charge in [-0.25, -0.2) is 0 Å². The fourth-order valence-corrected chi connectivity index (χ4v) is 4.94. The first kappa shape index (κ1) is 21.0. The molecule has 3 rings (SSSR count). The van der Waals surface area contributed by atoms with Gasteiger partial charge in [-0.15, -0.1) is 0 Å². The van der Waals surface area contributed by atoms with Gasteiger partial charge in [0.05, 0.1) is 11.8 Å². The lowest BCUT2D eigenvalue weighted by atomic mass is 9.72. The number of hydrogen-bond acceptors (Lipinski definition) is 4. The number of carboxylic acid groups (broad SMARTS) is 1. The van der Waals surface area contributed by atoms with Crippen LogP contribution in [0, 0.1) is 17.8 Å². The summed E-state index contributed by atoms with van der Waals surface area (Å²) in [5.74, 6) is -3.56. The van der Waals surface area contributed by atoms with E-state index in [0.29, 0.717) is 13.0 Å². The minimum Gasteiger partial charge on any atom is -0.480 e. The fraction of sp³-hybridized carbons (Fsp3) is 0.571. The maximum absolute atomic E-state index is 13.3. The molecule has 5 atom stereocenters. The maximum atomic E-state index is 13.3. The fourth-order valence-electron chi connectivity index (χ4n) is 4.68. The summed E-state index contributed by atoms with van der Waals surface area (Å²) in [4.78, 5) is 40.3. The molecule has 0 aliphatic carbocycles. The Morgan fingerprint density at radius 1 is 1.25 bits per heavy atom. The van der Waals surface area contributed by atoms with E-state index in [1.807, 2.05) is 45.0 Å². The summed E-state index contributed by atoms with van der Waals surface area (Å²) in [5, 5.41) is 13.5. The van der Waals surface area contributed by atoms with E-state index in [0.717, 1.165) is 22.9 Å². The third kappa shape index (κ3) is 3.08. The van der Waals surface area contributed by atoms with Crippen LogP contribution in [-0.2, 0) is 14.4 Å². The number of imide groups is 1. The predicted octanol–water partition coefficient (Wildman–Crippen LogP) is 3.36. The smallest absolute Gasteiger partial charge is 0.325 e. The number of nitrogens with zero attached hydrogens (tertiary/aromatic N) is 1. The molecule has 28 heavy (non-hydrogen) atoms. The highest BCUT2D eigenvalue weighted by Gasteiger charge is 2.69. The van der Waals surface area contributed by atoms with Crippen LogP contribution in [0.1, 0.15) is 51.6 Å². The Bertz CT molecular complexity index is 781. The van der Waals surface area contributed by atoms with Gasteiger partial charge < -0.3 is 5.11 Å². The number of likely N-dealkylation sites (tertiary alicyclic amines) is 1. The summed E-state index contributed by atoms with van der Waals surface area (Å²) >= 11 is 3.41. The Morgan fingerprint density at radius 3 is 2.43 bits per heavy atom. The Balaban J connectivity index is 2.12. The van der Waals surface area contributed by atoms with Crippen molar-refractivity contribution in [2.75, 3.05) is 6.54 Å². The molecule has 2 saturated heterocycles. The van der Waals surface area contributed by atoms with Crippen LogP contribution in [0.15, 0.2) is 28.7 Å². The number of amides is 2. The lowest BCUT2D eigenvalue weighted by Crippen LogP contribution is -2.59. The van der Waals surface area contributed by atoms with Crippen molar-refractivity contribution in [2.45, 2.75) is 51.6 Å². The first-order chi connectivity index (χ1) is 13.3. The largest absolute Gasteiger partial charge is 0.480 e. The van der Waals surface area contributed by atoms with Crippen molar-refractivity contribution in [3.05, 3.63) is 34.3 Å². The average molecular weight is 451 g/mol. The van der Waals surface area contributed by atoms with Crippen molar-refractivity contribution in [2.24, 2.45) is 17.8 Å². The van der Waals surface area contributed by atoms with Crippen LogP contribution in [0.3, 0.4) is 0 Å². The van der Waals surface area contributed by atoms with E-state index in [1.165, 1.54) is 4.90 Å². The van der Waals surface area contributed by atoms with E-state index < -0.39 is 29.4 Å². The Kier molecular flexibility index (Phi) is 5.96. The zero-order valence-corrected chi connectivity index (χ0v) is 18.0. The topological polar surface area (TPSA) is 86.7 Å². The van der Waals surface area contributed by atoms with Crippen LogP contribution in [0.4, 0.5) is 0 Å². The molecule has 152 valence electrons. The molecule has 2 heterocycles. The minimum absolute atomic E-state index is 0.254. The number of unbranched alkanes of at least 4 members (excludes halogenated alkanes) is 1. The summed E-state index contributed by atoms with van der Waals surface area (Å²) < 4.78 is 0.899. The van der Waals surface area contributed by atoms with Crippen molar-refractivity contribution in [1.29, 1.82) is 0 Å². The molecule has 0 saturated carbocycles. The summed E-state index contributed by atoms with van der Waals surface area (Å²) in [6, 6.07) is 6.98. The van der Waals surface area contributed by atoms with Crippen LogP contribution in [0.25, 0.3) is 0 Å². The summed E-state index contributed by atoms with van der Waals surface area (Å²) in [5.41, 5.74) is -0.631. The van der Waals surface area contributed by atoms with Gasteiger partial charge in [-0.2, -0.15) is 0 Å². The van der Waals surface area contributed by atoms with E-state index >= 15 is 0 Å². The third-order valence-electron chi connectivity index (χ3n) is 6.39. The van der Waals surface area contributed by atoms with Gasteiger partial charge in [-0.05, 0) is 30.0 Å². The first-order valence-electron chi connectivity index (χ1n) is 9.91. The molecule has 1 aromatic carbocycles.